The number of primary amides is 1. The van der Waals surface area contributed by atoms with Crippen molar-refractivity contribution in [3.8, 4) is 0 Å². The van der Waals surface area contributed by atoms with Gasteiger partial charge in [0, 0.05) is 5.39 Å². The number of halogens is 1. The fourth-order valence-electron chi connectivity index (χ4n) is 2.88. The smallest absolute Gasteiger partial charge is 0.240 e. The Morgan fingerprint density at radius 1 is 1.10 bits per heavy atom. The van der Waals surface area contributed by atoms with Gasteiger partial charge < -0.3 is 11.1 Å². The molecular formula is C20H22FN5O3S. The van der Waals surface area contributed by atoms with Crippen molar-refractivity contribution < 1.29 is 17.6 Å². The summed E-state index contributed by atoms with van der Waals surface area (Å²) in [5.74, 6) is -0.553. The number of hydrogen-bond acceptors (Lipinski definition) is 6. The van der Waals surface area contributed by atoms with Gasteiger partial charge in [-0.15, -0.1) is 0 Å². The maximum atomic E-state index is 13.1. The van der Waals surface area contributed by atoms with E-state index in [4.69, 9.17) is 5.73 Å². The molecule has 0 unspecified atom stereocenters. The van der Waals surface area contributed by atoms with Crippen LogP contribution in [0.4, 0.5) is 10.2 Å². The molecule has 3 aromatic rings. The molecule has 4 N–H and O–H groups in total. The van der Waals surface area contributed by atoms with Gasteiger partial charge in [0.2, 0.25) is 15.9 Å². The number of sulfonamides is 1. The van der Waals surface area contributed by atoms with Crippen molar-refractivity contribution in [3.63, 3.8) is 0 Å². The highest BCUT2D eigenvalue weighted by molar-refractivity contribution is 7.89. The number of hydrogen-bond donors (Lipinski definition) is 3. The van der Waals surface area contributed by atoms with Crippen molar-refractivity contribution in [1.82, 2.24) is 14.7 Å². The molecule has 0 radical (unpaired) electrons. The summed E-state index contributed by atoms with van der Waals surface area (Å²) in [6.07, 6.45) is 0. The summed E-state index contributed by atoms with van der Waals surface area (Å²) in [5, 5.41) is 3.73. The highest BCUT2D eigenvalue weighted by Gasteiger charge is 2.22. The largest absolute Gasteiger partial charge is 0.368 e. The Balaban J connectivity index is 1.91. The number of nitrogens with one attached hydrogen (secondary N) is 2. The second kappa shape index (κ2) is 8.72. The summed E-state index contributed by atoms with van der Waals surface area (Å²) < 4.78 is 40.4. The van der Waals surface area contributed by atoms with Crippen molar-refractivity contribution in [3.05, 3.63) is 60.2 Å². The molecule has 0 saturated carbocycles. The van der Waals surface area contributed by atoms with Crippen LogP contribution in [0.5, 0.6) is 0 Å². The van der Waals surface area contributed by atoms with Gasteiger partial charge >= 0.3 is 0 Å². The molecule has 0 fully saturated rings. The van der Waals surface area contributed by atoms with Crippen LogP contribution in [0, 0.1) is 11.7 Å². The highest BCUT2D eigenvalue weighted by atomic mass is 32.2. The maximum absolute atomic E-state index is 13.1. The topological polar surface area (TPSA) is 127 Å². The van der Waals surface area contributed by atoms with Crippen LogP contribution >= 0.6 is 0 Å². The first-order chi connectivity index (χ1) is 14.2. The molecule has 0 aliphatic carbocycles. The quantitative estimate of drug-likeness (QED) is 0.502. The third-order valence-electron chi connectivity index (χ3n) is 4.46. The number of anilines is 1. The summed E-state index contributed by atoms with van der Waals surface area (Å²) in [4.78, 5) is 20.5. The minimum Gasteiger partial charge on any atom is -0.368 e. The minimum atomic E-state index is -3.88. The number of fused-ring (bicyclic) bond motifs is 1. The fraction of sp³-hybridized carbons (Fsp3) is 0.250. The summed E-state index contributed by atoms with van der Waals surface area (Å²) in [6, 6.07) is 11.0. The molecule has 8 nitrogen and oxygen atoms in total. The number of nitrogens with two attached hydrogens (primary N) is 1. The molecule has 0 spiro atoms. The molecular weight excluding hydrogens is 409 g/mol. The molecule has 0 aliphatic rings. The number of benzene rings is 2. The maximum Gasteiger partial charge on any atom is 0.240 e. The first kappa shape index (κ1) is 21.6. The molecule has 1 amide bonds. The normalized spacial score (nSPS) is 12.8. The van der Waals surface area contributed by atoms with Crippen molar-refractivity contribution in [2.24, 2.45) is 11.7 Å². The predicted molar refractivity (Wildman–Crippen MR) is 111 cm³/mol. The Labute approximate surface area is 173 Å². The highest BCUT2D eigenvalue weighted by Crippen LogP contribution is 2.22. The van der Waals surface area contributed by atoms with Gasteiger partial charge in [-0.1, -0.05) is 26.0 Å². The lowest BCUT2D eigenvalue weighted by atomic mass is 10.0. The molecule has 1 atom stereocenters. The van der Waals surface area contributed by atoms with Gasteiger partial charge in [-0.25, -0.2) is 27.5 Å². The number of amides is 1. The van der Waals surface area contributed by atoms with E-state index in [-0.39, 0.29) is 23.2 Å². The summed E-state index contributed by atoms with van der Waals surface area (Å²) in [5.41, 5.74) is 6.08. The van der Waals surface area contributed by atoms with Gasteiger partial charge in [0.25, 0.3) is 0 Å². The van der Waals surface area contributed by atoms with E-state index in [0.29, 0.717) is 16.7 Å². The lowest BCUT2D eigenvalue weighted by Gasteiger charge is -2.21. The first-order valence-electron chi connectivity index (χ1n) is 9.24. The number of para-hydroxylation sites is 1. The molecule has 30 heavy (non-hydrogen) atoms. The molecule has 1 heterocycles. The third kappa shape index (κ3) is 4.89. The number of nitrogens with zero attached hydrogens (tertiary/aromatic N) is 2. The Morgan fingerprint density at radius 2 is 1.77 bits per heavy atom. The average Bonchev–Trinajstić information content (AvgIpc) is 2.70. The first-order valence-corrected chi connectivity index (χ1v) is 10.7. The van der Waals surface area contributed by atoms with Crippen molar-refractivity contribution in [2.45, 2.75) is 31.3 Å². The standard InChI is InChI=1S/C20H22FN5O3S/c1-12(2)18(19(22)27)26-20-15-5-3-4-6-16(15)24-17(25-20)11-23-30(28,29)14-9-7-13(21)8-10-14/h3-10,12,18,23H,11H2,1-2H3,(H2,22,27)(H,24,25,26)/t18-/m0/s1. The van der Waals surface area contributed by atoms with E-state index in [1.54, 1.807) is 18.2 Å². The van der Waals surface area contributed by atoms with Crippen LogP contribution in [-0.4, -0.2) is 30.3 Å². The van der Waals surface area contributed by atoms with E-state index in [0.717, 1.165) is 12.1 Å². The van der Waals surface area contributed by atoms with Gasteiger partial charge in [0.1, 0.15) is 23.5 Å². The summed E-state index contributed by atoms with van der Waals surface area (Å²) in [6.45, 7) is 3.51. The summed E-state index contributed by atoms with van der Waals surface area (Å²) in [7, 11) is -3.88. The second-order valence-corrected chi connectivity index (χ2v) is 8.82. The van der Waals surface area contributed by atoms with E-state index >= 15 is 0 Å². The van der Waals surface area contributed by atoms with E-state index in [2.05, 4.69) is 20.0 Å². The number of aromatic nitrogens is 2. The van der Waals surface area contributed by atoms with E-state index in [9.17, 15) is 17.6 Å². The number of rotatable bonds is 8. The lowest BCUT2D eigenvalue weighted by Crippen LogP contribution is -2.40. The van der Waals surface area contributed by atoms with Crippen LogP contribution < -0.4 is 15.8 Å². The number of carbonyl (C=O) groups excluding carboxylic acids is 1. The fourth-order valence-corrected chi connectivity index (χ4v) is 3.86. The third-order valence-corrected chi connectivity index (χ3v) is 5.88. The van der Waals surface area contributed by atoms with Crippen LogP contribution in [0.3, 0.4) is 0 Å². The Kier molecular flexibility index (Phi) is 6.28. The minimum absolute atomic E-state index is 0.0726. The zero-order valence-electron chi connectivity index (χ0n) is 16.5. The van der Waals surface area contributed by atoms with Gasteiger partial charge in [0.15, 0.2) is 0 Å². The van der Waals surface area contributed by atoms with Gasteiger partial charge in [-0.05, 0) is 42.3 Å². The zero-order chi connectivity index (χ0) is 21.9. The summed E-state index contributed by atoms with van der Waals surface area (Å²) >= 11 is 0. The number of carbonyl (C=O) groups is 1. The van der Waals surface area contributed by atoms with Crippen LogP contribution in [0.15, 0.2) is 53.4 Å². The van der Waals surface area contributed by atoms with Gasteiger partial charge in [-0.2, -0.15) is 0 Å². The van der Waals surface area contributed by atoms with Crippen LogP contribution in [0.1, 0.15) is 19.7 Å². The zero-order valence-corrected chi connectivity index (χ0v) is 17.3. The SMILES string of the molecule is CC(C)[C@H](Nc1nc(CNS(=O)(=O)c2ccc(F)cc2)nc2ccccc12)C(N)=O. The van der Waals surface area contributed by atoms with Crippen molar-refractivity contribution in [1.29, 1.82) is 0 Å². The molecule has 0 aliphatic heterocycles. The molecule has 158 valence electrons. The van der Waals surface area contributed by atoms with E-state index in [1.807, 2.05) is 19.9 Å². The molecule has 10 heteroatoms. The van der Waals surface area contributed by atoms with Gasteiger partial charge in [-0.3, -0.25) is 4.79 Å². The van der Waals surface area contributed by atoms with Crippen LogP contribution in [0.25, 0.3) is 10.9 Å². The van der Waals surface area contributed by atoms with Crippen LogP contribution in [-0.2, 0) is 21.4 Å². The van der Waals surface area contributed by atoms with Crippen molar-refractivity contribution >= 4 is 32.7 Å². The van der Waals surface area contributed by atoms with E-state index in [1.165, 1.54) is 12.1 Å². The molecule has 1 aromatic heterocycles. The van der Waals surface area contributed by atoms with E-state index < -0.39 is 27.8 Å². The monoisotopic (exact) mass is 431 g/mol. The Bertz CT molecular complexity index is 1170. The average molecular weight is 431 g/mol. The second-order valence-electron chi connectivity index (χ2n) is 7.05. The molecule has 2 aromatic carbocycles. The Morgan fingerprint density at radius 3 is 2.40 bits per heavy atom. The molecule has 3 rings (SSSR count). The molecule has 0 saturated heterocycles. The Hall–Kier alpha value is -3.11. The lowest BCUT2D eigenvalue weighted by molar-refractivity contribution is -0.119. The molecule has 0 bridgehead atoms. The predicted octanol–water partition coefficient (Wildman–Crippen LogP) is 2.17. The van der Waals surface area contributed by atoms with Crippen LogP contribution in [0.2, 0.25) is 0 Å². The van der Waals surface area contributed by atoms with Gasteiger partial charge in [0.05, 0.1) is 17.0 Å². The van der Waals surface area contributed by atoms with Crippen molar-refractivity contribution in [2.75, 3.05) is 5.32 Å².